The largest absolute Gasteiger partial charge is 0.303 e. The minimum atomic E-state index is -0.241. The second-order valence-corrected chi connectivity index (χ2v) is 4.96. The monoisotopic (exact) mass is 275 g/mol. The van der Waals surface area contributed by atoms with Crippen LogP contribution in [0.15, 0.2) is 48.5 Å². The van der Waals surface area contributed by atoms with E-state index >= 15 is 0 Å². The molecule has 2 aromatic carbocycles. The minimum Gasteiger partial charge on any atom is -0.303 e. The second-order valence-electron chi connectivity index (χ2n) is 4.96. The molecule has 20 heavy (non-hydrogen) atoms. The molecule has 0 heterocycles. The lowest BCUT2D eigenvalue weighted by Crippen LogP contribution is -2.24. The zero-order valence-corrected chi connectivity index (χ0v) is 11.7. The first-order chi connectivity index (χ1) is 9.60. The van der Waals surface area contributed by atoms with Crippen LogP contribution in [0, 0.1) is 11.6 Å². The summed E-state index contributed by atoms with van der Waals surface area (Å²) in [6.07, 6.45) is 0.836. The number of hydrogen-bond donors (Lipinski definition) is 1. The predicted octanol–water partition coefficient (Wildman–Crippen LogP) is 4.77. The highest BCUT2D eigenvalue weighted by molar-refractivity contribution is 5.23. The van der Waals surface area contributed by atoms with Crippen molar-refractivity contribution in [3.8, 4) is 0 Å². The highest BCUT2D eigenvalue weighted by atomic mass is 19.1. The molecule has 0 spiro atoms. The van der Waals surface area contributed by atoms with Crippen molar-refractivity contribution in [3.05, 3.63) is 71.3 Å². The molecule has 106 valence electrons. The van der Waals surface area contributed by atoms with Crippen molar-refractivity contribution in [2.45, 2.75) is 32.4 Å². The molecular formula is C17H19F2N. The van der Waals surface area contributed by atoms with Crippen LogP contribution >= 0.6 is 0 Å². The quantitative estimate of drug-likeness (QED) is 0.829. The van der Waals surface area contributed by atoms with Gasteiger partial charge in [-0.05, 0) is 48.7 Å². The van der Waals surface area contributed by atoms with Crippen LogP contribution in [0.25, 0.3) is 0 Å². The molecule has 2 rings (SSSR count). The van der Waals surface area contributed by atoms with Gasteiger partial charge in [0, 0.05) is 12.1 Å². The Morgan fingerprint density at radius 3 is 2.05 bits per heavy atom. The molecule has 0 aromatic heterocycles. The van der Waals surface area contributed by atoms with Gasteiger partial charge in [0.15, 0.2) is 0 Å². The van der Waals surface area contributed by atoms with Gasteiger partial charge < -0.3 is 5.32 Å². The Balaban J connectivity index is 2.14. The number of rotatable bonds is 5. The summed E-state index contributed by atoms with van der Waals surface area (Å²) in [5.74, 6) is -0.476. The van der Waals surface area contributed by atoms with Crippen LogP contribution in [0.1, 0.15) is 43.5 Å². The van der Waals surface area contributed by atoms with E-state index in [4.69, 9.17) is 0 Å². The molecule has 0 fully saturated rings. The van der Waals surface area contributed by atoms with Gasteiger partial charge >= 0.3 is 0 Å². The van der Waals surface area contributed by atoms with Crippen LogP contribution in [-0.2, 0) is 0 Å². The van der Waals surface area contributed by atoms with Crippen LogP contribution in [0.5, 0.6) is 0 Å². The summed E-state index contributed by atoms with van der Waals surface area (Å²) in [5.41, 5.74) is 1.80. The Labute approximate surface area is 118 Å². The number of halogens is 2. The van der Waals surface area contributed by atoms with Crippen molar-refractivity contribution >= 4 is 0 Å². The molecule has 0 bridgehead atoms. The lowest BCUT2D eigenvalue weighted by molar-refractivity contribution is 0.453. The van der Waals surface area contributed by atoms with Gasteiger partial charge in [0.05, 0.1) is 0 Å². The molecule has 0 saturated carbocycles. The molecule has 0 aliphatic rings. The summed E-state index contributed by atoms with van der Waals surface area (Å²) in [5, 5.41) is 3.42. The summed E-state index contributed by atoms with van der Waals surface area (Å²) < 4.78 is 26.5. The summed E-state index contributed by atoms with van der Waals surface area (Å²) in [6, 6.07) is 13.2. The number of hydrogen-bond acceptors (Lipinski definition) is 1. The van der Waals surface area contributed by atoms with Crippen LogP contribution < -0.4 is 5.32 Å². The molecule has 0 aliphatic carbocycles. The first kappa shape index (κ1) is 14.7. The third-order valence-corrected chi connectivity index (χ3v) is 3.46. The van der Waals surface area contributed by atoms with E-state index in [-0.39, 0.29) is 23.7 Å². The number of nitrogens with one attached hydrogen (secondary N) is 1. The van der Waals surface area contributed by atoms with Gasteiger partial charge in [0.1, 0.15) is 11.6 Å². The van der Waals surface area contributed by atoms with E-state index in [2.05, 4.69) is 5.32 Å². The zero-order chi connectivity index (χ0) is 14.5. The van der Waals surface area contributed by atoms with E-state index < -0.39 is 0 Å². The molecule has 0 radical (unpaired) electrons. The molecule has 0 saturated heterocycles. The van der Waals surface area contributed by atoms with Gasteiger partial charge in [-0.3, -0.25) is 0 Å². The second kappa shape index (κ2) is 6.62. The summed E-state index contributed by atoms with van der Waals surface area (Å²) in [7, 11) is 0. The normalized spacial score (nSPS) is 14.0. The van der Waals surface area contributed by atoms with Crippen LogP contribution in [-0.4, -0.2) is 0 Å². The third-order valence-electron chi connectivity index (χ3n) is 3.46. The Morgan fingerprint density at radius 2 is 1.50 bits per heavy atom. The van der Waals surface area contributed by atoms with Gasteiger partial charge in [-0.2, -0.15) is 0 Å². The lowest BCUT2D eigenvalue weighted by Gasteiger charge is -2.23. The van der Waals surface area contributed by atoms with E-state index in [9.17, 15) is 8.78 Å². The molecule has 1 unspecified atom stereocenters. The first-order valence-electron chi connectivity index (χ1n) is 6.87. The minimum absolute atomic E-state index is 0.00100. The fourth-order valence-electron chi connectivity index (χ4n) is 2.35. The Bertz CT molecular complexity index is 568. The van der Waals surface area contributed by atoms with Gasteiger partial charge in [0.2, 0.25) is 0 Å². The van der Waals surface area contributed by atoms with Crippen molar-refractivity contribution in [2.75, 3.05) is 0 Å². The molecule has 3 heteroatoms. The highest BCUT2D eigenvalue weighted by Gasteiger charge is 2.14. The molecule has 1 N–H and O–H groups in total. The van der Waals surface area contributed by atoms with Crippen molar-refractivity contribution in [3.63, 3.8) is 0 Å². The van der Waals surface area contributed by atoms with Gasteiger partial charge in [0.25, 0.3) is 0 Å². The van der Waals surface area contributed by atoms with E-state index in [1.54, 1.807) is 18.2 Å². The first-order valence-corrected chi connectivity index (χ1v) is 6.87. The summed E-state index contributed by atoms with van der Waals surface area (Å²) in [6.45, 7) is 4.03. The third kappa shape index (κ3) is 3.64. The number of benzene rings is 2. The van der Waals surface area contributed by atoms with E-state index in [0.29, 0.717) is 0 Å². The maximum atomic E-state index is 13.3. The van der Waals surface area contributed by atoms with Crippen LogP contribution in [0.4, 0.5) is 8.78 Å². The van der Waals surface area contributed by atoms with Crippen LogP contribution in [0.2, 0.25) is 0 Å². The molecule has 1 nitrogen and oxygen atoms in total. The maximum absolute atomic E-state index is 13.3. The van der Waals surface area contributed by atoms with Gasteiger partial charge in [-0.25, -0.2) is 8.78 Å². The van der Waals surface area contributed by atoms with Gasteiger partial charge in [-0.1, -0.05) is 31.2 Å². The fourth-order valence-corrected chi connectivity index (χ4v) is 2.35. The fraction of sp³-hybridized carbons (Fsp3) is 0.294. The summed E-state index contributed by atoms with van der Waals surface area (Å²) in [4.78, 5) is 0. The standard InChI is InChI=1S/C17H19F2N/c1-3-17(14-7-5-9-16(19)11-14)20-12(2)13-6-4-8-15(18)10-13/h4-12,17,20H,3H2,1-2H3/t12-,17?/m1/s1. The van der Waals surface area contributed by atoms with Crippen molar-refractivity contribution in [1.29, 1.82) is 0 Å². The van der Waals surface area contributed by atoms with Crippen molar-refractivity contribution in [1.82, 2.24) is 5.32 Å². The van der Waals surface area contributed by atoms with Crippen molar-refractivity contribution < 1.29 is 8.78 Å². The SMILES string of the molecule is CCC(N[C@H](C)c1cccc(F)c1)c1cccc(F)c1. The topological polar surface area (TPSA) is 12.0 Å². The maximum Gasteiger partial charge on any atom is 0.123 e. The van der Waals surface area contributed by atoms with Crippen LogP contribution in [0.3, 0.4) is 0 Å². The Hall–Kier alpha value is -1.74. The van der Waals surface area contributed by atoms with E-state index in [0.717, 1.165) is 17.5 Å². The summed E-state index contributed by atoms with van der Waals surface area (Å²) >= 11 is 0. The zero-order valence-electron chi connectivity index (χ0n) is 11.7. The van der Waals surface area contributed by atoms with E-state index in [1.165, 1.54) is 18.2 Å². The average molecular weight is 275 g/mol. The Morgan fingerprint density at radius 1 is 0.950 bits per heavy atom. The highest BCUT2D eigenvalue weighted by Crippen LogP contribution is 2.23. The van der Waals surface area contributed by atoms with Crippen molar-refractivity contribution in [2.24, 2.45) is 0 Å². The smallest absolute Gasteiger partial charge is 0.123 e. The molecule has 2 aromatic rings. The Kier molecular flexibility index (Phi) is 4.85. The predicted molar refractivity (Wildman–Crippen MR) is 77.4 cm³/mol. The molecule has 0 amide bonds. The molecule has 0 aliphatic heterocycles. The van der Waals surface area contributed by atoms with E-state index in [1.807, 2.05) is 26.0 Å². The average Bonchev–Trinajstić information content (AvgIpc) is 2.44. The lowest BCUT2D eigenvalue weighted by atomic mass is 10.0. The van der Waals surface area contributed by atoms with Gasteiger partial charge in [-0.15, -0.1) is 0 Å². The molecular weight excluding hydrogens is 256 g/mol. The molecule has 2 atom stereocenters.